The molecule has 2 aromatic rings. The van der Waals surface area contributed by atoms with E-state index in [-0.39, 0.29) is 11.7 Å². The fourth-order valence-corrected chi connectivity index (χ4v) is 1.60. The molecule has 6 heteroatoms. The van der Waals surface area contributed by atoms with Crippen molar-refractivity contribution in [3.05, 3.63) is 52.6 Å². The topological polar surface area (TPSA) is 80.7 Å². The van der Waals surface area contributed by atoms with E-state index in [1.165, 1.54) is 0 Å². The number of aromatic nitrogens is 1. The quantitative estimate of drug-likeness (QED) is 0.395. The molecule has 0 radical (unpaired) electrons. The Morgan fingerprint density at radius 2 is 2.00 bits per heavy atom. The molecule has 0 spiro atoms. The Hall–Kier alpha value is -2.08. The molecule has 0 amide bonds. The number of hydrogen-bond donors (Lipinski definition) is 2. The van der Waals surface area contributed by atoms with Crippen molar-refractivity contribution in [2.75, 3.05) is 0 Å². The fourth-order valence-electron chi connectivity index (χ4n) is 1.34. The second kappa shape index (κ2) is 5.50. The van der Waals surface area contributed by atoms with Gasteiger partial charge in [0.15, 0.2) is 5.84 Å². The number of pyridine rings is 1. The largest absolute Gasteiger partial charge is 0.438 e. The lowest BCUT2D eigenvalue weighted by atomic mass is 10.2. The maximum absolute atomic E-state index is 8.69. The van der Waals surface area contributed by atoms with E-state index in [1.54, 1.807) is 30.5 Å². The first-order valence-corrected chi connectivity index (χ1v) is 5.86. The minimum atomic E-state index is -0.0461. The number of amidine groups is 1. The molecule has 0 atom stereocenters. The predicted octanol–water partition coefficient (Wildman–Crippen LogP) is 2.73. The minimum Gasteiger partial charge on any atom is -0.438 e. The molecule has 92 valence electrons. The van der Waals surface area contributed by atoms with Gasteiger partial charge in [-0.05, 0) is 36.4 Å². The van der Waals surface area contributed by atoms with Crippen LogP contribution in [0.4, 0.5) is 0 Å². The first-order chi connectivity index (χ1) is 8.70. The van der Waals surface area contributed by atoms with Gasteiger partial charge in [0.25, 0.3) is 0 Å². The summed E-state index contributed by atoms with van der Waals surface area (Å²) in [5.41, 5.74) is 5.98. The number of oxime groups is 1. The number of halogens is 1. The van der Waals surface area contributed by atoms with Gasteiger partial charge in [-0.1, -0.05) is 21.1 Å². The van der Waals surface area contributed by atoms with Crippen LogP contribution in [0.1, 0.15) is 5.56 Å². The number of ether oxygens (including phenoxy) is 1. The average molecular weight is 308 g/mol. The van der Waals surface area contributed by atoms with E-state index in [0.29, 0.717) is 11.3 Å². The molecule has 0 fully saturated rings. The third kappa shape index (κ3) is 2.78. The summed E-state index contributed by atoms with van der Waals surface area (Å²) in [7, 11) is 0. The third-order valence-corrected chi connectivity index (χ3v) is 2.71. The summed E-state index contributed by atoms with van der Waals surface area (Å²) in [5, 5.41) is 11.6. The molecule has 0 aliphatic heterocycles. The Morgan fingerprint density at radius 1 is 1.28 bits per heavy atom. The molecule has 1 aromatic carbocycles. The molecule has 0 saturated heterocycles. The monoisotopic (exact) mass is 307 g/mol. The summed E-state index contributed by atoms with van der Waals surface area (Å²) in [5.74, 6) is 0.856. The Balaban J connectivity index is 2.32. The lowest BCUT2D eigenvalue weighted by Gasteiger charge is -2.08. The van der Waals surface area contributed by atoms with Gasteiger partial charge >= 0.3 is 0 Å². The highest BCUT2D eigenvalue weighted by molar-refractivity contribution is 9.10. The second-order valence-corrected chi connectivity index (χ2v) is 4.31. The van der Waals surface area contributed by atoms with E-state index >= 15 is 0 Å². The average Bonchev–Trinajstić information content (AvgIpc) is 2.41. The van der Waals surface area contributed by atoms with E-state index in [0.717, 1.165) is 4.47 Å². The van der Waals surface area contributed by atoms with E-state index in [4.69, 9.17) is 15.7 Å². The lowest BCUT2D eigenvalue weighted by Crippen LogP contribution is -2.14. The molecule has 1 aromatic heterocycles. The van der Waals surface area contributed by atoms with Crippen LogP contribution < -0.4 is 10.5 Å². The summed E-state index contributed by atoms with van der Waals surface area (Å²) in [6, 6.07) is 10.6. The van der Waals surface area contributed by atoms with E-state index < -0.39 is 0 Å². The number of nitrogens with zero attached hydrogens (tertiary/aromatic N) is 2. The highest BCUT2D eigenvalue weighted by atomic mass is 79.9. The van der Waals surface area contributed by atoms with Gasteiger partial charge < -0.3 is 15.7 Å². The van der Waals surface area contributed by atoms with Gasteiger partial charge in [-0.2, -0.15) is 0 Å². The van der Waals surface area contributed by atoms with Crippen molar-refractivity contribution < 1.29 is 9.94 Å². The minimum absolute atomic E-state index is 0.0461. The van der Waals surface area contributed by atoms with Gasteiger partial charge in [-0.25, -0.2) is 4.98 Å². The van der Waals surface area contributed by atoms with Crippen molar-refractivity contribution >= 4 is 21.8 Å². The molecular formula is C12H10BrN3O2. The SMILES string of the molecule is N/C(=N\O)c1cccnc1Oc1ccc(Br)cc1. The highest BCUT2D eigenvalue weighted by Crippen LogP contribution is 2.24. The van der Waals surface area contributed by atoms with Gasteiger partial charge in [0.2, 0.25) is 5.88 Å². The van der Waals surface area contributed by atoms with Gasteiger partial charge in [-0.15, -0.1) is 0 Å². The summed E-state index contributed by atoms with van der Waals surface area (Å²) >= 11 is 3.34. The molecule has 0 aliphatic rings. The van der Waals surface area contributed by atoms with Gasteiger partial charge in [0.05, 0.1) is 5.56 Å². The van der Waals surface area contributed by atoms with Crippen molar-refractivity contribution in [2.24, 2.45) is 10.9 Å². The van der Waals surface area contributed by atoms with Crippen LogP contribution in [0, 0.1) is 0 Å². The molecule has 3 N–H and O–H groups in total. The summed E-state index contributed by atoms with van der Waals surface area (Å²) in [6.07, 6.45) is 1.57. The zero-order valence-corrected chi connectivity index (χ0v) is 10.8. The second-order valence-electron chi connectivity index (χ2n) is 3.40. The fraction of sp³-hybridized carbons (Fsp3) is 0. The normalized spacial score (nSPS) is 11.3. The smallest absolute Gasteiger partial charge is 0.230 e. The van der Waals surface area contributed by atoms with Crippen LogP contribution in [0.2, 0.25) is 0 Å². The first kappa shape index (κ1) is 12.4. The Labute approximate surface area is 112 Å². The Kier molecular flexibility index (Phi) is 3.78. The molecular weight excluding hydrogens is 298 g/mol. The maximum Gasteiger partial charge on any atom is 0.230 e. The molecule has 0 aliphatic carbocycles. The summed E-state index contributed by atoms with van der Waals surface area (Å²) < 4.78 is 6.53. The van der Waals surface area contributed by atoms with Crippen LogP contribution in [0.25, 0.3) is 0 Å². The predicted molar refractivity (Wildman–Crippen MR) is 71.0 cm³/mol. The van der Waals surface area contributed by atoms with Gasteiger partial charge in [0.1, 0.15) is 5.75 Å². The number of rotatable bonds is 3. The van der Waals surface area contributed by atoms with E-state index in [2.05, 4.69) is 26.1 Å². The highest BCUT2D eigenvalue weighted by Gasteiger charge is 2.09. The number of benzene rings is 1. The molecule has 2 rings (SSSR count). The van der Waals surface area contributed by atoms with Crippen LogP contribution in [0.15, 0.2) is 52.2 Å². The van der Waals surface area contributed by atoms with Crippen LogP contribution in [-0.4, -0.2) is 16.0 Å². The van der Waals surface area contributed by atoms with Crippen molar-refractivity contribution in [3.8, 4) is 11.6 Å². The number of nitrogens with two attached hydrogens (primary N) is 1. The summed E-state index contributed by atoms with van der Waals surface area (Å²) in [4.78, 5) is 4.06. The van der Waals surface area contributed by atoms with Gasteiger partial charge in [-0.3, -0.25) is 0 Å². The van der Waals surface area contributed by atoms with Crippen molar-refractivity contribution in [1.82, 2.24) is 4.98 Å². The third-order valence-electron chi connectivity index (χ3n) is 2.18. The Morgan fingerprint density at radius 3 is 2.67 bits per heavy atom. The van der Waals surface area contributed by atoms with Crippen molar-refractivity contribution in [1.29, 1.82) is 0 Å². The molecule has 0 saturated carbocycles. The lowest BCUT2D eigenvalue weighted by molar-refractivity contribution is 0.318. The van der Waals surface area contributed by atoms with Crippen LogP contribution in [0.5, 0.6) is 11.6 Å². The zero-order chi connectivity index (χ0) is 13.0. The van der Waals surface area contributed by atoms with Crippen molar-refractivity contribution in [3.63, 3.8) is 0 Å². The first-order valence-electron chi connectivity index (χ1n) is 5.07. The number of hydrogen-bond acceptors (Lipinski definition) is 4. The molecule has 1 heterocycles. The molecule has 0 unspecified atom stereocenters. The van der Waals surface area contributed by atoms with E-state index in [1.807, 2.05) is 12.1 Å². The molecule has 0 bridgehead atoms. The van der Waals surface area contributed by atoms with Crippen LogP contribution in [0.3, 0.4) is 0 Å². The maximum atomic E-state index is 8.69. The molecule has 5 nitrogen and oxygen atoms in total. The van der Waals surface area contributed by atoms with Crippen LogP contribution >= 0.6 is 15.9 Å². The van der Waals surface area contributed by atoms with Crippen LogP contribution in [-0.2, 0) is 0 Å². The standard InChI is InChI=1S/C12H10BrN3O2/c13-8-3-5-9(6-4-8)18-12-10(11(14)16-17)2-1-7-15-12/h1-7,17H,(H2,14,16). The van der Waals surface area contributed by atoms with Crippen molar-refractivity contribution in [2.45, 2.75) is 0 Å². The summed E-state index contributed by atoms with van der Waals surface area (Å²) in [6.45, 7) is 0. The van der Waals surface area contributed by atoms with Gasteiger partial charge in [0, 0.05) is 10.7 Å². The zero-order valence-electron chi connectivity index (χ0n) is 9.25. The Bertz CT molecular complexity index is 570. The molecule has 18 heavy (non-hydrogen) atoms. The van der Waals surface area contributed by atoms with E-state index in [9.17, 15) is 0 Å².